The van der Waals surface area contributed by atoms with Gasteiger partial charge < -0.3 is 14.2 Å². The van der Waals surface area contributed by atoms with E-state index in [0.717, 1.165) is 45.2 Å². The van der Waals surface area contributed by atoms with E-state index in [1.165, 1.54) is 12.0 Å². The Bertz CT molecular complexity index is 848. The van der Waals surface area contributed by atoms with Crippen LogP contribution in [0, 0.1) is 12.3 Å². The number of amides is 2. The summed E-state index contributed by atoms with van der Waals surface area (Å²) in [5.74, 6) is 0.625. The average Bonchev–Trinajstić information content (AvgIpc) is 3.33. The summed E-state index contributed by atoms with van der Waals surface area (Å²) in [5, 5.41) is 0. The number of carbonyl (C=O) groups excluding carboxylic acids is 2. The van der Waals surface area contributed by atoms with Gasteiger partial charge in [-0.3, -0.25) is 9.59 Å². The minimum absolute atomic E-state index is 0.128. The molecule has 0 N–H and O–H groups in total. The molecule has 3 heterocycles. The molecule has 0 aliphatic carbocycles. The number of likely N-dealkylation sites (tertiary alicyclic amines) is 2. The summed E-state index contributed by atoms with van der Waals surface area (Å²) in [4.78, 5) is 33.9. The lowest BCUT2D eigenvalue weighted by molar-refractivity contribution is -0.145. The van der Waals surface area contributed by atoms with Crippen molar-refractivity contribution in [3.05, 3.63) is 53.7 Å². The predicted molar refractivity (Wildman–Crippen MR) is 105 cm³/mol. The molecule has 2 fully saturated rings. The second kappa shape index (κ2) is 7.78. The van der Waals surface area contributed by atoms with Gasteiger partial charge in [0.1, 0.15) is 5.76 Å². The lowest BCUT2D eigenvalue weighted by atomic mass is 9.78. The number of piperidine rings is 1. The quantitative estimate of drug-likeness (QED) is 0.798. The maximum atomic E-state index is 13.3. The number of hydrogen-bond donors (Lipinski definition) is 0. The highest BCUT2D eigenvalue weighted by atomic mass is 16.3. The first kappa shape index (κ1) is 18.7. The van der Waals surface area contributed by atoms with Crippen molar-refractivity contribution in [1.29, 1.82) is 0 Å². The molecule has 2 aromatic rings. The van der Waals surface area contributed by atoms with Gasteiger partial charge in [0.25, 0.3) is 5.91 Å². The number of hydrogen-bond acceptors (Lipinski definition) is 4. The molecule has 6 nitrogen and oxygen atoms in total. The van der Waals surface area contributed by atoms with E-state index in [1.54, 1.807) is 11.8 Å². The SMILES string of the molecule is Cc1ocnc1C(=O)N1CC[C@]2(CCCN(CCCc3ccccc3)C2=O)C1. The summed E-state index contributed by atoms with van der Waals surface area (Å²) < 4.78 is 5.17. The van der Waals surface area contributed by atoms with E-state index >= 15 is 0 Å². The molecule has 6 heteroatoms. The molecule has 1 spiro atoms. The highest BCUT2D eigenvalue weighted by Gasteiger charge is 2.49. The van der Waals surface area contributed by atoms with Crippen LogP contribution in [0.5, 0.6) is 0 Å². The van der Waals surface area contributed by atoms with Crippen LogP contribution in [0.25, 0.3) is 0 Å². The van der Waals surface area contributed by atoms with Crippen molar-refractivity contribution in [1.82, 2.24) is 14.8 Å². The molecule has 0 unspecified atom stereocenters. The Hall–Kier alpha value is -2.63. The topological polar surface area (TPSA) is 66.7 Å². The molecule has 1 atom stereocenters. The van der Waals surface area contributed by atoms with Crippen molar-refractivity contribution in [2.75, 3.05) is 26.2 Å². The van der Waals surface area contributed by atoms with Gasteiger partial charge in [0, 0.05) is 26.2 Å². The third-order valence-electron chi connectivity index (χ3n) is 6.15. The zero-order valence-electron chi connectivity index (χ0n) is 16.4. The summed E-state index contributed by atoms with van der Waals surface area (Å²) in [6.45, 7) is 4.45. The van der Waals surface area contributed by atoms with Crippen LogP contribution in [0.1, 0.15) is 47.5 Å². The Morgan fingerprint density at radius 2 is 2.04 bits per heavy atom. The minimum atomic E-state index is -0.418. The van der Waals surface area contributed by atoms with E-state index in [-0.39, 0.29) is 11.8 Å². The Kier molecular flexibility index (Phi) is 5.20. The normalized spacial score (nSPS) is 22.2. The monoisotopic (exact) mass is 381 g/mol. The molecular formula is C22H27N3O3. The van der Waals surface area contributed by atoms with Crippen molar-refractivity contribution in [2.24, 2.45) is 5.41 Å². The van der Waals surface area contributed by atoms with Crippen molar-refractivity contribution in [3.8, 4) is 0 Å². The van der Waals surface area contributed by atoms with Crippen LogP contribution in [0.2, 0.25) is 0 Å². The smallest absolute Gasteiger partial charge is 0.276 e. The van der Waals surface area contributed by atoms with Gasteiger partial charge in [0.15, 0.2) is 12.1 Å². The predicted octanol–water partition coefficient (Wildman–Crippen LogP) is 3.07. The zero-order valence-corrected chi connectivity index (χ0v) is 16.4. The van der Waals surface area contributed by atoms with Gasteiger partial charge in [-0.25, -0.2) is 4.98 Å². The number of aromatic nitrogens is 1. The zero-order chi connectivity index (χ0) is 19.6. The first-order chi connectivity index (χ1) is 13.6. The molecule has 0 bridgehead atoms. The summed E-state index contributed by atoms with van der Waals surface area (Å²) in [7, 11) is 0. The van der Waals surface area contributed by atoms with Crippen LogP contribution in [0.3, 0.4) is 0 Å². The Morgan fingerprint density at radius 3 is 2.79 bits per heavy atom. The van der Waals surface area contributed by atoms with Crippen molar-refractivity contribution < 1.29 is 14.0 Å². The molecule has 2 aliphatic heterocycles. The van der Waals surface area contributed by atoms with Crippen molar-refractivity contribution in [2.45, 2.75) is 39.0 Å². The van der Waals surface area contributed by atoms with E-state index in [1.807, 2.05) is 11.0 Å². The number of oxazole rings is 1. The van der Waals surface area contributed by atoms with Crippen LogP contribution >= 0.6 is 0 Å². The van der Waals surface area contributed by atoms with Gasteiger partial charge in [0.2, 0.25) is 5.91 Å². The van der Waals surface area contributed by atoms with Gasteiger partial charge in [-0.05, 0) is 44.6 Å². The first-order valence-corrected chi connectivity index (χ1v) is 10.1. The molecular weight excluding hydrogens is 354 g/mol. The number of benzene rings is 1. The molecule has 148 valence electrons. The van der Waals surface area contributed by atoms with Crippen LogP contribution < -0.4 is 0 Å². The lowest BCUT2D eigenvalue weighted by Crippen LogP contribution is -2.50. The fraction of sp³-hybridized carbons (Fsp3) is 0.500. The highest BCUT2D eigenvalue weighted by Crippen LogP contribution is 2.40. The second-order valence-electron chi connectivity index (χ2n) is 8.00. The van der Waals surface area contributed by atoms with Gasteiger partial charge in [-0.15, -0.1) is 0 Å². The largest absolute Gasteiger partial charge is 0.448 e. The number of aryl methyl sites for hydroxylation is 2. The molecule has 28 heavy (non-hydrogen) atoms. The molecule has 0 radical (unpaired) electrons. The van der Waals surface area contributed by atoms with Gasteiger partial charge in [0.05, 0.1) is 5.41 Å². The highest BCUT2D eigenvalue weighted by molar-refractivity contribution is 5.94. The standard InChI is InChI=1S/C22H27N3O3/c1-17-19(23-16-28-17)20(26)25-14-11-22(15-25)10-6-13-24(21(22)27)12-5-9-18-7-3-2-4-8-18/h2-4,7-8,16H,5-6,9-15H2,1H3/t22-/m1/s1. The number of nitrogens with zero attached hydrogens (tertiary/aromatic N) is 3. The third kappa shape index (κ3) is 3.55. The van der Waals surface area contributed by atoms with Crippen molar-refractivity contribution >= 4 is 11.8 Å². The van der Waals surface area contributed by atoms with E-state index < -0.39 is 5.41 Å². The van der Waals surface area contributed by atoms with E-state index in [2.05, 4.69) is 29.2 Å². The number of rotatable bonds is 5. The maximum Gasteiger partial charge on any atom is 0.276 e. The average molecular weight is 381 g/mol. The minimum Gasteiger partial charge on any atom is -0.448 e. The molecule has 1 aromatic carbocycles. The van der Waals surface area contributed by atoms with E-state index in [0.29, 0.717) is 24.5 Å². The molecule has 4 rings (SSSR count). The summed E-state index contributed by atoms with van der Waals surface area (Å²) in [6, 6.07) is 10.4. The second-order valence-corrected chi connectivity index (χ2v) is 8.00. The molecule has 2 aliphatic rings. The fourth-order valence-corrected chi connectivity index (χ4v) is 4.57. The van der Waals surface area contributed by atoms with Crippen LogP contribution in [-0.2, 0) is 11.2 Å². The van der Waals surface area contributed by atoms with Crippen molar-refractivity contribution in [3.63, 3.8) is 0 Å². The van der Waals surface area contributed by atoms with Gasteiger partial charge in [-0.2, -0.15) is 0 Å². The van der Waals surface area contributed by atoms with Gasteiger partial charge >= 0.3 is 0 Å². The third-order valence-corrected chi connectivity index (χ3v) is 6.15. The molecule has 2 amide bonds. The summed E-state index contributed by atoms with van der Waals surface area (Å²) in [6.07, 6.45) is 5.85. The van der Waals surface area contributed by atoms with Gasteiger partial charge in [-0.1, -0.05) is 30.3 Å². The number of carbonyl (C=O) groups is 2. The molecule has 1 aromatic heterocycles. The Balaban J connectivity index is 1.37. The van der Waals surface area contributed by atoms with E-state index in [4.69, 9.17) is 4.42 Å². The maximum absolute atomic E-state index is 13.3. The summed E-state index contributed by atoms with van der Waals surface area (Å²) >= 11 is 0. The van der Waals surface area contributed by atoms with E-state index in [9.17, 15) is 9.59 Å². The van der Waals surface area contributed by atoms with Crippen LogP contribution in [0.4, 0.5) is 0 Å². The fourth-order valence-electron chi connectivity index (χ4n) is 4.57. The Labute approximate surface area is 165 Å². The Morgan fingerprint density at radius 1 is 1.21 bits per heavy atom. The summed E-state index contributed by atoms with van der Waals surface area (Å²) in [5.41, 5.74) is 1.25. The van der Waals surface area contributed by atoms with Crippen LogP contribution in [0.15, 0.2) is 41.1 Å². The van der Waals surface area contributed by atoms with Crippen LogP contribution in [-0.4, -0.2) is 52.8 Å². The lowest BCUT2D eigenvalue weighted by Gasteiger charge is -2.39. The molecule has 2 saturated heterocycles. The first-order valence-electron chi connectivity index (χ1n) is 10.1. The molecule has 0 saturated carbocycles.